The molecule has 10 saturated heterocycles. The van der Waals surface area contributed by atoms with E-state index in [-0.39, 0.29) is 0 Å². The van der Waals surface area contributed by atoms with E-state index in [2.05, 4.69) is 25.9 Å². The van der Waals surface area contributed by atoms with Gasteiger partial charge < -0.3 is 0 Å². The van der Waals surface area contributed by atoms with Crippen LogP contribution >= 0.6 is 0 Å². The SMILES string of the molecule is CC(N(C)C)[C]12[CH]3[CH]4[CH]5[CH]1[Ru]45321678[CH]2[CH]1[CH]6[CH]7[CH]28. The van der Waals surface area contributed by atoms with Crippen LogP contribution in [-0.2, 0) is 7.72 Å². The molecule has 10 aliphatic heterocycles. The van der Waals surface area contributed by atoms with Crippen LogP contribution in [0.1, 0.15) is 6.92 Å². The molecular formula is C14H19NRu. The first-order valence-corrected chi connectivity index (χ1v) is 17.2. The maximum atomic E-state index is 2.63. The van der Waals surface area contributed by atoms with Gasteiger partial charge in [0, 0.05) is 0 Å². The molecule has 0 amide bonds. The molecule has 5 atom stereocenters. The standard InChI is InChI=1S/C9H14N.C5H5.Ru/c1-8(10(2)3)9-6-4-5-7-9;1-2-4-5-3-1;/h4-8H,1-3H3;1-5H;. The molecule has 1 spiro atoms. The Morgan fingerprint density at radius 2 is 1.31 bits per heavy atom. The predicted molar refractivity (Wildman–Crippen MR) is 59.6 cm³/mol. The third-order valence-electron chi connectivity index (χ3n) is 16.2. The topological polar surface area (TPSA) is 3.24 Å². The van der Waals surface area contributed by atoms with Gasteiger partial charge >= 0.3 is 84.3 Å². The molecule has 0 aromatic heterocycles. The van der Waals surface area contributed by atoms with Crippen molar-refractivity contribution in [1.82, 2.24) is 4.90 Å². The fourth-order valence-electron chi connectivity index (χ4n) is 17.9. The number of nitrogens with zero attached hydrogens (tertiary/aromatic N) is 1. The minimum absolute atomic E-state index is 0.995. The quantitative estimate of drug-likeness (QED) is 0.703. The van der Waals surface area contributed by atoms with E-state index in [1.165, 1.54) is 40.6 Å². The molecule has 88 valence electrons. The van der Waals surface area contributed by atoms with Gasteiger partial charge in [0.05, 0.1) is 0 Å². The molecule has 10 heterocycles. The zero-order chi connectivity index (χ0) is 10.2. The molecule has 0 bridgehead atoms. The summed E-state index contributed by atoms with van der Waals surface area (Å²) >= 11 is 0. The van der Waals surface area contributed by atoms with E-state index in [1.807, 2.05) is 0 Å². The van der Waals surface area contributed by atoms with Gasteiger partial charge in [0.25, 0.3) is 0 Å². The first kappa shape index (κ1) is 6.15. The van der Waals surface area contributed by atoms with Crippen LogP contribution in [0.4, 0.5) is 0 Å². The third kappa shape index (κ3) is 0.0538. The summed E-state index contributed by atoms with van der Waals surface area (Å²) in [5.74, 6) is 0. The van der Waals surface area contributed by atoms with Crippen LogP contribution in [0.2, 0.25) is 44.6 Å². The van der Waals surface area contributed by atoms with Crippen molar-refractivity contribution in [3.8, 4) is 0 Å². The second-order valence-corrected chi connectivity index (χ2v) is 48.5. The number of hydrogen-bond acceptors (Lipinski definition) is 1. The van der Waals surface area contributed by atoms with Gasteiger partial charge in [-0.05, 0) is 0 Å². The fourth-order valence-corrected chi connectivity index (χ4v) is 153. The summed E-state index contributed by atoms with van der Waals surface area (Å²) in [6.07, 6.45) is 0. The van der Waals surface area contributed by atoms with Crippen LogP contribution in [0.3, 0.4) is 0 Å². The van der Waals surface area contributed by atoms with E-state index in [0.717, 1.165) is 10.1 Å². The molecule has 0 aromatic rings. The molecule has 10 fully saturated rings. The Balaban J connectivity index is 1.66. The molecule has 1 nitrogen and oxygen atoms in total. The van der Waals surface area contributed by atoms with E-state index in [0.29, 0.717) is 0 Å². The average Bonchev–Trinajstić information content (AvgIpc) is 3.20. The van der Waals surface area contributed by atoms with Crippen molar-refractivity contribution in [2.75, 3.05) is 14.1 Å². The van der Waals surface area contributed by atoms with Gasteiger partial charge in [-0.15, -0.1) is 0 Å². The molecule has 0 aliphatic carbocycles. The molecule has 5 unspecified atom stereocenters. The maximum absolute atomic E-state index is 3.00. The van der Waals surface area contributed by atoms with Crippen LogP contribution in [-0.4, -0.2) is 25.0 Å². The monoisotopic (exact) mass is 303 g/mol. The van der Waals surface area contributed by atoms with Gasteiger partial charge in [0.15, 0.2) is 0 Å². The first-order valence-electron chi connectivity index (χ1n) is 7.28. The van der Waals surface area contributed by atoms with Crippen LogP contribution in [0, 0.1) is 0 Å². The fraction of sp³-hybridized carbons (Fsp3) is 1.00. The van der Waals surface area contributed by atoms with Crippen molar-refractivity contribution in [2.45, 2.75) is 57.6 Å². The van der Waals surface area contributed by atoms with E-state index in [9.17, 15) is 0 Å². The molecule has 2 heteroatoms. The number of rotatable bonds is 2. The summed E-state index contributed by atoms with van der Waals surface area (Å²) in [4.78, 5) is 2.63. The summed E-state index contributed by atoms with van der Waals surface area (Å²) in [5.41, 5.74) is 0. The Kier molecular flexibility index (Phi) is 0.178. The Morgan fingerprint density at radius 1 is 0.875 bits per heavy atom. The normalized spacial score (nSPS) is 128. The summed E-state index contributed by atoms with van der Waals surface area (Å²) in [6.45, 7) is 2.63. The van der Waals surface area contributed by atoms with Gasteiger partial charge in [-0.3, -0.25) is 0 Å². The van der Waals surface area contributed by atoms with Crippen molar-refractivity contribution >= 4 is 0 Å². The number of hydrogen-bond donors (Lipinski definition) is 0. The van der Waals surface area contributed by atoms with Gasteiger partial charge in [-0.2, -0.15) is 0 Å². The first-order chi connectivity index (χ1) is 7.40. The second-order valence-electron chi connectivity index (χ2n) is 11.4. The summed E-state index contributed by atoms with van der Waals surface area (Å²) in [5, 5.41) is 0. The van der Waals surface area contributed by atoms with Crippen LogP contribution in [0.25, 0.3) is 0 Å². The molecule has 0 aromatic carbocycles. The van der Waals surface area contributed by atoms with Gasteiger partial charge in [0.1, 0.15) is 0 Å². The third-order valence-corrected chi connectivity index (χ3v) is 83.5. The van der Waals surface area contributed by atoms with Crippen LogP contribution in [0.15, 0.2) is 0 Å². The summed E-state index contributed by atoms with van der Waals surface area (Å²) in [6, 6.07) is 0.995. The van der Waals surface area contributed by atoms with Crippen molar-refractivity contribution in [3.63, 3.8) is 0 Å². The molecule has 0 saturated carbocycles. The zero-order valence-corrected chi connectivity index (χ0v) is 11.8. The molecule has 0 radical (unpaired) electrons. The predicted octanol–water partition coefficient (Wildman–Crippen LogP) is 3.70. The Hall–Kier alpha value is 0.583. The van der Waals surface area contributed by atoms with E-state index in [1.54, 1.807) is 0 Å². The average molecular weight is 302 g/mol. The Bertz CT molecular complexity index is 847. The van der Waals surface area contributed by atoms with E-state index >= 15 is 0 Å². The summed E-state index contributed by atoms with van der Waals surface area (Å²) in [7, 11) is 1.75. The molecule has 10 rings (SSSR count). The van der Waals surface area contributed by atoms with Crippen molar-refractivity contribution in [1.29, 1.82) is 0 Å². The van der Waals surface area contributed by atoms with E-state index < -0.39 is 7.72 Å². The number of fused-ring (bicyclic) bond motifs is 10. The molecular weight excluding hydrogens is 283 g/mol. The minimum atomic E-state index is -3.00. The Labute approximate surface area is 84.3 Å². The van der Waals surface area contributed by atoms with Crippen LogP contribution < -0.4 is 0 Å². The van der Waals surface area contributed by atoms with Crippen molar-refractivity contribution in [3.05, 3.63) is 0 Å². The molecule has 16 heavy (non-hydrogen) atoms. The van der Waals surface area contributed by atoms with Gasteiger partial charge in [-0.25, -0.2) is 0 Å². The zero-order valence-electron chi connectivity index (χ0n) is 10.1. The molecule has 10 aliphatic rings. The second kappa shape index (κ2) is 0.463. The van der Waals surface area contributed by atoms with Gasteiger partial charge in [-0.1, -0.05) is 0 Å². The molecule has 0 N–H and O–H groups in total. The van der Waals surface area contributed by atoms with Crippen molar-refractivity contribution in [2.24, 2.45) is 0 Å². The van der Waals surface area contributed by atoms with Crippen molar-refractivity contribution < 1.29 is 7.72 Å². The van der Waals surface area contributed by atoms with Gasteiger partial charge in [0.2, 0.25) is 0 Å². The van der Waals surface area contributed by atoms with Crippen LogP contribution in [0.5, 0.6) is 0 Å². The Morgan fingerprint density at radius 3 is 1.50 bits per heavy atom. The van der Waals surface area contributed by atoms with E-state index in [4.69, 9.17) is 0 Å². The summed E-state index contributed by atoms with van der Waals surface area (Å²) < 4.78 is 14.8.